The SMILES string of the molecule is Cc1ccc(NC(=O)C2C3CCC2CC3)cc1-c1cccnn1. The van der Waals surface area contributed by atoms with E-state index in [4.69, 9.17) is 0 Å². The van der Waals surface area contributed by atoms with E-state index in [9.17, 15) is 4.79 Å². The molecule has 1 heterocycles. The first-order chi connectivity index (χ1) is 11.2. The van der Waals surface area contributed by atoms with Crippen LogP contribution in [-0.2, 0) is 4.79 Å². The number of fused-ring (bicyclic) bond motifs is 2. The predicted octanol–water partition coefficient (Wildman–Crippen LogP) is 3.83. The minimum absolute atomic E-state index is 0.198. The molecule has 1 aromatic heterocycles. The molecule has 1 N–H and O–H groups in total. The topological polar surface area (TPSA) is 54.9 Å². The molecule has 0 spiro atoms. The molecule has 0 unspecified atom stereocenters. The van der Waals surface area contributed by atoms with E-state index in [-0.39, 0.29) is 11.8 Å². The summed E-state index contributed by atoms with van der Waals surface area (Å²) in [7, 11) is 0. The zero-order valence-electron chi connectivity index (χ0n) is 13.3. The molecule has 2 saturated carbocycles. The Bertz CT molecular complexity index is 709. The quantitative estimate of drug-likeness (QED) is 0.937. The van der Waals surface area contributed by atoms with Gasteiger partial charge in [-0.2, -0.15) is 10.2 Å². The van der Waals surface area contributed by atoms with Crippen molar-refractivity contribution in [3.8, 4) is 11.3 Å². The molecule has 2 fully saturated rings. The number of carbonyl (C=O) groups is 1. The van der Waals surface area contributed by atoms with E-state index >= 15 is 0 Å². The molecule has 0 aliphatic heterocycles. The van der Waals surface area contributed by atoms with Gasteiger partial charge in [-0.05, 0) is 74.3 Å². The van der Waals surface area contributed by atoms with Crippen molar-refractivity contribution in [3.63, 3.8) is 0 Å². The van der Waals surface area contributed by atoms with Gasteiger partial charge in [-0.15, -0.1) is 0 Å². The standard InChI is InChI=1S/C19H21N3O/c1-12-4-9-15(11-16(12)17-3-2-10-20-22-17)21-19(23)18-13-5-6-14(18)8-7-13/h2-4,9-11,13-14,18H,5-8H2,1H3,(H,21,23). The van der Waals surface area contributed by atoms with E-state index < -0.39 is 0 Å². The maximum absolute atomic E-state index is 12.7. The Morgan fingerprint density at radius 2 is 1.87 bits per heavy atom. The van der Waals surface area contributed by atoms with Crippen molar-refractivity contribution in [1.82, 2.24) is 10.2 Å². The Kier molecular flexibility index (Phi) is 3.60. The summed E-state index contributed by atoms with van der Waals surface area (Å²) in [6.07, 6.45) is 6.56. The predicted molar refractivity (Wildman–Crippen MR) is 89.8 cm³/mol. The van der Waals surface area contributed by atoms with Gasteiger partial charge in [-0.1, -0.05) is 6.07 Å². The van der Waals surface area contributed by atoms with Crippen molar-refractivity contribution in [3.05, 3.63) is 42.1 Å². The number of nitrogens with one attached hydrogen (secondary N) is 1. The van der Waals surface area contributed by atoms with Gasteiger partial charge in [0, 0.05) is 23.4 Å². The maximum Gasteiger partial charge on any atom is 0.228 e. The average Bonchev–Trinajstić information content (AvgIpc) is 3.18. The molecular formula is C19H21N3O. The minimum atomic E-state index is 0.198. The van der Waals surface area contributed by atoms with Crippen LogP contribution in [0.3, 0.4) is 0 Å². The van der Waals surface area contributed by atoms with Crippen LogP contribution in [0.1, 0.15) is 31.2 Å². The van der Waals surface area contributed by atoms with Gasteiger partial charge in [0.15, 0.2) is 0 Å². The van der Waals surface area contributed by atoms with Crippen LogP contribution in [0.4, 0.5) is 5.69 Å². The highest BCUT2D eigenvalue weighted by Crippen LogP contribution is 2.49. The fourth-order valence-corrected chi connectivity index (χ4v) is 4.32. The highest BCUT2D eigenvalue weighted by atomic mass is 16.1. The first kappa shape index (κ1) is 14.4. The third-order valence-electron chi connectivity index (χ3n) is 5.49. The summed E-state index contributed by atoms with van der Waals surface area (Å²) in [5.74, 6) is 1.62. The summed E-state index contributed by atoms with van der Waals surface area (Å²) < 4.78 is 0. The number of hydrogen-bond acceptors (Lipinski definition) is 3. The number of rotatable bonds is 3. The first-order valence-corrected chi connectivity index (χ1v) is 8.42. The summed E-state index contributed by atoms with van der Waals surface area (Å²) in [4.78, 5) is 12.7. The number of hydrogen-bond donors (Lipinski definition) is 1. The van der Waals surface area contributed by atoms with Crippen LogP contribution >= 0.6 is 0 Å². The summed E-state index contributed by atoms with van der Waals surface area (Å²) >= 11 is 0. The number of nitrogens with zero attached hydrogens (tertiary/aromatic N) is 2. The number of aromatic nitrogens is 2. The highest BCUT2D eigenvalue weighted by Gasteiger charge is 2.45. The zero-order chi connectivity index (χ0) is 15.8. The average molecular weight is 307 g/mol. The van der Waals surface area contributed by atoms with Crippen LogP contribution in [0, 0.1) is 24.7 Å². The molecule has 0 saturated heterocycles. The number of benzene rings is 1. The second kappa shape index (κ2) is 5.76. The fraction of sp³-hybridized carbons (Fsp3) is 0.421. The van der Waals surface area contributed by atoms with Crippen LogP contribution in [0.15, 0.2) is 36.5 Å². The zero-order valence-corrected chi connectivity index (χ0v) is 13.3. The fourth-order valence-electron chi connectivity index (χ4n) is 4.32. The van der Waals surface area contributed by atoms with Crippen molar-refractivity contribution in [2.45, 2.75) is 32.6 Å². The molecule has 2 aliphatic rings. The van der Waals surface area contributed by atoms with Gasteiger partial charge in [-0.25, -0.2) is 0 Å². The van der Waals surface area contributed by atoms with E-state index in [0.29, 0.717) is 11.8 Å². The lowest BCUT2D eigenvalue weighted by Crippen LogP contribution is -2.26. The van der Waals surface area contributed by atoms with Gasteiger partial charge in [0.2, 0.25) is 5.91 Å². The van der Waals surface area contributed by atoms with E-state index in [0.717, 1.165) is 22.5 Å². The second-order valence-electron chi connectivity index (χ2n) is 6.83. The monoisotopic (exact) mass is 307 g/mol. The Labute approximate surface area is 136 Å². The molecular weight excluding hydrogens is 286 g/mol. The van der Waals surface area contributed by atoms with Crippen molar-refractivity contribution in [2.24, 2.45) is 17.8 Å². The van der Waals surface area contributed by atoms with Crippen molar-refractivity contribution < 1.29 is 4.79 Å². The Morgan fingerprint density at radius 1 is 1.13 bits per heavy atom. The smallest absolute Gasteiger partial charge is 0.228 e. The van der Waals surface area contributed by atoms with Gasteiger partial charge < -0.3 is 5.32 Å². The summed E-state index contributed by atoms with van der Waals surface area (Å²) in [5, 5.41) is 11.3. The molecule has 23 heavy (non-hydrogen) atoms. The lowest BCUT2D eigenvalue weighted by molar-refractivity contribution is -0.121. The van der Waals surface area contributed by atoms with Crippen LogP contribution < -0.4 is 5.32 Å². The van der Waals surface area contributed by atoms with Gasteiger partial charge in [0.05, 0.1) is 5.69 Å². The molecule has 1 amide bonds. The number of amides is 1. The Balaban J connectivity index is 1.57. The maximum atomic E-state index is 12.7. The minimum Gasteiger partial charge on any atom is -0.326 e. The largest absolute Gasteiger partial charge is 0.326 e. The molecule has 4 rings (SSSR count). The van der Waals surface area contributed by atoms with Gasteiger partial charge >= 0.3 is 0 Å². The normalized spacial score (nSPS) is 25.5. The molecule has 0 radical (unpaired) electrons. The summed E-state index contributed by atoms with van der Waals surface area (Å²) in [6, 6.07) is 9.84. The molecule has 1 aromatic carbocycles. The lowest BCUT2D eigenvalue weighted by atomic mass is 9.96. The van der Waals surface area contributed by atoms with Crippen molar-refractivity contribution in [1.29, 1.82) is 0 Å². The van der Waals surface area contributed by atoms with Crippen LogP contribution in [0.5, 0.6) is 0 Å². The molecule has 4 heteroatoms. The van der Waals surface area contributed by atoms with Crippen molar-refractivity contribution >= 4 is 11.6 Å². The molecule has 4 nitrogen and oxygen atoms in total. The van der Waals surface area contributed by atoms with Crippen LogP contribution in [-0.4, -0.2) is 16.1 Å². The van der Waals surface area contributed by atoms with Gasteiger partial charge in [0.25, 0.3) is 0 Å². The van der Waals surface area contributed by atoms with Gasteiger partial charge in [0.1, 0.15) is 0 Å². The van der Waals surface area contributed by atoms with Gasteiger partial charge in [-0.3, -0.25) is 4.79 Å². The molecule has 118 valence electrons. The second-order valence-corrected chi connectivity index (χ2v) is 6.83. The molecule has 2 aliphatic carbocycles. The number of carbonyl (C=O) groups excluding carboxylic acids is 1. The Hall–Kier alpha value is -2.23. The highest BCUT2D eigenvalue weighted by molar-refractivity contribution is 5.94. The third kappa shape index (κ3) is 2.62. The third-order valence-corrected chi connectivity index (χ3v) is 5.49. The van der Waals surface area contributed by atoms with E-state index in [1.807, 2.05) is 37.3 Å². The number of aryl methyl sites for hydroxylation is 1. The molecule has 0 atom stereocenters. The van der Waals surface area contributed by atoms with Crippen molar-refractivity contribution in [2.75, 3.05) is 5.32 Å². The lowest BCUT2D eigenvalue weighted by Gasteiger charge is -2.16. The molecule has 2 aromatic rings. The Morgan fingerprint density at radius 3 is 2.52 bits per heavy atom. The number of anilines is 1. The summed E-state index contributed by atoms with van der Waals surface area (Å²) in [5.41, 5.74) is 3.84. The van der Waals surface area contributed by atoms with E-state index in [1.54, 1.807) is 6.20 Å². The first-order valence-electron chi connectivity index (χ1n) is 8.42. The molecule has 2 bridgehead atoms. The van der Waals surface area contributed by atoms with E-state index in [1.165, 1.54) is 25.7 Å². The van der Waals surface area contributed by atoms with E-state index in [2.05, 4.69) is 15.5 Å². The summed E-state index contributed by atoms with van der Waals surface area (Å²) in [6.45, 7) is 2.05. The van der Waals surface area contributed by atoms with Crippen LogP contribution in [0.2, 0.25) is 0 Å². The van der Waals surface area contributed by atoms with Crippen LogP contribution in [0.25, 0.3) is 11.3 Å².